The van der Waals surface area contributed by atoms with E-state index in [1.165, 1.54) is 6.07 Å². The molecule has 0 amide bonds. The summed E-state index contributed by atoms with van der Waals surface area (Å²) in [5.74, 6) is -2.32. The molecule has 0 fully saturated rings. The predicted octanol–water partition coefficient (Wildman–Crippen LogP) is 3.92. The highest BCUT2D eigenvalue weighted by Crippen LogP contribution is 2.36. The van der Waals surface area contributed by atoms with Gasteiger partial charge in [-0.25, -0.2) is 18.2 Å². The van der Waals surface area contributed by atoms with Crippen molar-refractivity contribution in [3.05, 3.63) is 51.8 Å². The molecule has 28 heavy (non-hydrogen) atoms. The quantitative estimate of drug-likeness (QED) is 0.478. The van der Waals surface area contributed by atoms with Crippen molar-refractivity contribution in [1.29, 1.82) is 0 Å². The first kappa shape index (κ1) is 22.2. The lowest BCUT2D eigenvalue weighted by atomic mass is 10.2. The number of pyridine rings is 1. The highest BCUT2D eigenvalue weighted by atomic mass is 35.5. The Labute approximate surface area is 167 Å². The van der Waals surface area contributed by atoms with Gasteiger partial charge in [-0.05, 0) is 24.3 Å². The maximum absolute atomic E-state index is 12.9. The smallest absolute Gasteiger partial charge is 0.417 e. The number of aromatic nitrogens is 1. The minimum absolute atomic E-state index is 0.0248. The zero-order chi connectivity index (χ0) is 21.1. The van der Waals surface area contributed by atoms with Crippen molar-refractivity contribution < 1.29 is 36.2 Å². The van der Waals surface area contributed by atoms with Crippen molar-refractivity contribution >= 4 is 44.7 Å². The van der Waals surface area contributed by atoms with E-state index >= 15 is 0 Å². The molecular weight excluding hydrogens is 448 g/mol. The third-order valence-corrected chi connectivity index (χ3v) is 5.25. The normalized spacial score (nSPS) is 12.0. The molecule has 0 radical (unpaired) electrons. The number of rotatable bonds is 7. The molecule has 0 spiro atoms. The maximum Gasteiger partial charge on any atom is 0.417 e. The van der Waals surface area contributed by atoms with Gasteiger partial charge in [0.15, 0.2) is 11.6 Å². The summed E-state index contributed by atoms with van der Waals surface area (Å²) in [6.45, 7) is -0.471. The summed E-state index contributed by atoms with van der Waals surface area (Å²) in [5, 5.41) is 11.0. The molecule has 1 heterocycles. The summed E-state index contributed by atoms with van der Waals surface area (Å²) in [5.41, 5.74) is -1.68. The van der Waals surface area contributed by atoms with E-state index in [1.54, 1.807) is 0 Å². The molecular formula is C15H11Cl2F3N2O5S. The van der Waals surface area contributed by atoms with E-state index in [1.807, 2.05) is 0 Å². The van der Waals surface area contributed by atoms with Gasteiger partial charge >= 0.3 is 12.1 Å². The second kappa shape index (κ2) is 8.52. The Bertz CT molecular complexity index is 1000. The SMILES string of the molecule is O=C(O)c1ncc(Cl)cc1NCOCS(=O)(=O)c1ccc(Cl)c(C(F)(F)F)c1. The number of nitrogens with zero attached hydrogens (tertiary/aromatic N) is 1. The highest BCUT2D eigenvalue weighted by molar-refractivity contribution is 7.91. The van der Waals surface area contributed by atoms with Crippen molar-refractivity contribution in [3.8, 4) is 0 Å². The molecule has 152 valence electrons. The van der Waals surface area contributed by atoms with Crippen LogP contribution in [0.5, 0.6) is 0 Å². The van der Waals surface area contributed by atoms with Crippen LogP contribution in [0.2, 0.25) is 10.0 Å². The van der Waals surface area contributed by atoms with Gasteiger partial charge in [0.05, 0.1) is 26.2 Å². The van der Waals surface area contributed by atoms with Crippen LogP contribution >= 0.6 is 23.2 Å². The Balaban J connectivity index is 2.08. The van der Waals surface area contributed by atoms with Gasteiger partial charge in [-0.15, -0.1) is 0 Å². The van der Waals surface area contributed by atoms with Crippen molar-refractivity contribution in [2.45, 2.75) is 11.1 Å². The standard InChI is InChI=1S/C15H11Cl2F3N2O5S/c16-8-3-12(13(14(23)24)21-5-8)22-6-27-7-28(25,26)9-1-2-11(17)10(4-9)15(18,19)20/h1-5,22H,6-7H2,(H,23,24). The third-order valence-electron chi connectivity index (χ3n) is 3.26. The van der Waals surface area contributed by atoms with Crippen LogP contribution in [0.25, 0.3) is 0 Å². The number of anilines is 1. The molecule has 0 atom stereocenters. The number of alkyl halides is 3. The summed E-state index contributed by atoms with van der Waals surface area (Å²) in [6.07, 6.45) is -3.71. The maximum atomic E-state index is 12.9. The lowest BCUT2D eigenvalue weighted by Gasteiger charge is -2.12. The van der Waals surface area contributed by atoms with E-state index in [9.17, 15) is 26.4 Å². The molecule has 0 saturated carbocycles. The summed E-state index contributed by atoms with van der Waals surface area (Å²) in [6, 6.07) is 3.40. The fourth-order valence-electron chi connectivity index (χ4n) is 2.01. The molecule has 1 aromatic heterocycles. The number of nitrogens with one attached hydrogen (secondary N) is 1. The minimum Gasteiger partial charge on any atom is -0.476 e. The van der Waals surface area contributed by atoms with Crippen LogP contribution in [0.1, 0.15) is 16.1 Å². The average Bonchev–Trinajstić information content (AvgIpc) is 2.57. The molecule has 0 aliphatic rings. The average molecular weight is 459 g/mol. The lowest BCUT2D eigenvalue weighted by Crippen LogP contribution is -2.17. The number of benzene rings is 1. The van der Waals surface area contributed by atoms with Crippen molar-refractivity contribution in [2.24, 2.45) is 0 Å². The topological polar surface area (TPSA) is 106 Å². The van der Waals surface area contributed by atoms with Crippen LogP contribution in [-0.2, 0) is 20.8 Å². The van der Waals surface area contributed by atoms with E-state index < -0.39 is 50.1 Å². The third kappa shape index (κ3) is 5.47. The number of carbonyl (C=O) groups is 1. The Morgan fingerprint density at radius 3 is 2.54 bits per heavy atom. The summed E-state index contributed by atoms with van der Waals surface area (Å²) >= 11 is 11.2. The van der Waals surface area contributed by atoms with Gasteiger partial charge in [-0.3, -0.25) is 0 Å². The molecule has 2 rings (SSSR count). The fourth-order valence-corrected chi connectivity index (χ4v) is 3.40. The van der Waals surface area contributed by atoms with Crippen LogP contribution in [0, 0.1) is 0 Å². The Morgan fingerprint density at radius 2 is 1.93 bits per heavy atom. The molecule has 0 aliphatic carbocycles. The van der Waals surface area contributed by atoms with Crippen LogP contribution in [0.3, 0.4) is 0 Å². The summed E-state index contributed by atoms with van der Waals surface area (Å²) in [4.78, 5) is 14.0. The van der Waals surface area contributed by atoms with Crippen LogP contribution < -0.4 is 5.32 Å². The number of sulfone groups is 1. The molecule has 0 unspecified atom stereocenters. The number of halogens is 5. The number of ether oxygens (including phenoxy) is 1. The van der Waals surface area contributed by atoms with Crippen LogP contribution in [-0.4, -0.2) is 37.1 Å². The second-order valence-electron chi connectivity index (χ2n) is 5.25. The van der Waals surface area contributed by atoms with E-state index in [0.717, 1.165) is 18.3 Å². The van der Waals surface area contributed by atoms with Crippen LogP contribution in [0.15, 0.2) is 35.4 Å². The summed E-state index contributed by atoms with van der Waals surface area (Å²) in [7, 11) is -4.23. The van der Waals surface area contributed by atoms with Crippen molar-refractivity contribution in [2.75, 3.05) is 18.0 Å². The Kier molecular flexibility index (Phi) is 6.75. The first-order chi connectivity index (χ1) is 12.9. The minimum atomic E-state index is -4.82. The number of hydrogen-bond donors (Lipinski definition) is 2. The van der Waals surface area contributed by atoms with E-state index in [4.69, 9.17) is 33.0 Å². The number of aromatic carboxylic acids is 1. The molecule has 2 N–H and O–H groups in total. The van der Waals surface area contributed by atoms with Gasteiger partial charge < -0.3 is 15.2 Å². The van der Waals surface area contributed by atoms with Crippen LogP contribution in [0.4, 0.5) is 18.9 Å². The van der Waals surface area contributed by atoms with Gasteiger partial charge in [0.2, 0.25) is 9.84 Å². The predicted molar refractivity (Wildman–Crippen MR) is 94.3 cm³/mol. The zero-order valence-corrected chi connectivity index (χ0v) is 16.0. The fraction of sp³-hybridized carbons (Fsp3) is 0.200. The monoisotopic (exact) mass is 458 g/mol. The first-order valence-electron chi connectivity index (χ1n) is 7.22. The zero-order valence-electron chi connectivity index (χ0n) is 13.6. The largest absolute Gasteiger partial charge is 0.476 e. The van der Waals surface area contributed by atoms with Gasteiger partial charge in [-0.1, -0.05) is 23.2 Å². The van der Waals surface area contributed by atoms with E-state index in [2.05, 4.69) is 10.3 Å². The Hall–Kier alpha value is -2.08. The molecule has 0 bridgehead atoms. The molecule has 0 saturated heterocycles. The summed E-state index contributed by atoms with van der Waals surface area (Å²) < 4.78 is 67.8. The number of carboxylic acids is 1. The highest BCUT2D eigenvalue weighted by Gasteiger charge is 2.34. The molecule has 13 heteroatoms. The number of hydrogen-bond acceptors (Lipinski definition) is 6. The van der Waals surface area contributed by atoms with E-state index in [0.29, 0.717) is 6.07 Å². The molecule has 2 aromatic rings. The second-order valence-corrected chi connectivity index (χ2v) is 8.03. The van der Waals surface area contributed by atoms with Crippen molar-refractivity contribution in [3.63, 3.8) is 0 Å². The molecule has 0 aliphatic heterocycles. The molecule has 1 aromatic carbocycles. The number of carboxylic acid groups (broad SMARTS) is 1. The van der Waals surface area contributed by atoms with E-state index in [-0.39, 0.29) is 16.4 Å². The van der Waals surface area contributed by atoms with Crippen molar-refractivity contribution in [1.82, 2.24) is 4.98 Å². The molecule has 7 nitrogen and oxygen atoms in total. The van der Waals surface area contributed by atoms with Gasteiger partial charge in [0.25, 0.3) is 0 Å². The first-order valence-corrected chi connectivity index (χ1v) is 9.62. The van der Waals surface area contributed by atoms with Gasteiger partial charge in [0, 0.05) is 6.20 Å². The van der Waals surface area contributed by atoms with Gasteiger partial charge in [-0.2, -0.15) is 13.2 Å². The Morgan fingerprint density at radius 1 is 1.25 bits per heavy atom. The lowest BCUT2D eigenvalue weighted by molar-refractivity contribution is -0.137. The van der Waals surface area contributed by atoms with Gasteiger partial charge in [0.1, 0.15) is 6.73 Å².